The largest absolute Gasteiger partial charge is 0.481 e. The highest BCUT2D eigenvalue weighted by Gasteiger charge is 2.28. The van der Waals surface area contributed by atoms with Crippen LogP contribution in [0.15, 0.2) is 24.3 Å². The van der Waals surface area contributed by atoms with Crippen LogP contribution in [-0.2, 0) is 11.2 Å². The summed E-state index contributed by atoms with van der Waals surface area (Å²) in [5, 5.41) is 9.02. The summed E-state index contributed by atoms with van der Waals surface area (Å²) in [5.41, 5.74) is 1.10. The molecule has 4 heteroatoms. The molecule has 2 unspecified atom stereocenters. The second-order valence-electron chi connectivity index (χ2n) is 5.66. The third-order valence-corrected chi connectivity index (χ3v) is 4.09. The summed E-state index contributed by atoms with van der Waals surface area (Å²) in [6, 6.07) is 6.99. The molecule has 1 aliphatic rings. The van der Waals surface area contributed by atoms with Gasteiger partial charge >= 0.3 is 5.97 Å². The van der Waals surface area contributed by atoms with Crippen LogP contribution in [0, 0.1) is 5.82 Å². The van der Waals surface area contributed by atoms with Crippen LogP contribution in [0.3, 0.4) is 0 Å². The maximum Gasteiger partial charge on any atom is 0.304 e. The zero-order valence-electron chi connectivity index (χ0n) is 11.9. The first-order chi connectivity index (χ1) is 9.56. The number of carboxylic acids is 1. The zero-order chi connectivity index (χ0) is 14.5. The normalized spacial score (nSPS) is 21.6. The second-order valence-corrected chi connectivity index (χ2v) is 5.66. The number of aliphatic carboxylic acids is 1. The van der Waals surface area contributed by atoms with Crippen molar-refractivity contribution < 1.29 is 14.3 Å². The SMILES string of the molecule is CC(Cc1ccc(F)cc1)N1CCCCC1CC(=O)O. The molecule has 1 saturated heterocycles. The predicted octanol–water partition coefficient (Wildman–Crippen LogP) is 3.09. The Morgan fingerprint density at radius 3 is 2.75 bits per heavy atom. The Kier molecular flexibility index (Phi) is 5.12. The maximum absolute atomic E-state index is 12.9. The van der Waals surface area contributed by atoms with Gasteiger partial charge in [-0.15, -0.1) is 0 Å². The monoisotopic (exact) mass is 279 g/mol. The van der Waals surface area contributed by atoms with Crippen LogP contribution in [0.2, 0.25) is 0 Å². The van der Waals surface area contributed by atoms with E-state index in [-0.39, 0.29) is 24.3 Å². The summed E-state index contributed by atoms with van der Waals surface area (Å²) in [4.78, 5) is 13.3. The van der Waals surface area contributed by atoms with Crippen LogP contribution in [-0.4, -0.2) is 34.6 Å². The fraction of sp³-hybridized carbons (Fsp3) is 0.562. The van der Waals surface area contributed by atoms with Crippen LogP contribution < -0.4 is 0 Å². The summed E-state index contributed by atoms with van der Waals surface area (Å²) in [6.45, 7) is 3.09. The van der Waals surface area contributed by atoms with Gasteiger partial charge in [0.05, 0.1) is 6.42 Å². The van der Waals surface area contributed by atoms with Crippen LogP contribution in [0.1, 0.15) is 38.2 Å². The number of benzene rings is 1. The van der Waals surface area contributed by atoms with Gasteiger partial charge in [-0.05, 0) is 50.4 Å². The summed E-state index contributed by atoms with van der Waals surface area (Å²) >= 11 is 0. The van der Waals surface area contributed by atoms with Crippen LogP contribution in [0.25, 0.3) is 0 Å². The van der Waals surface area contributed by atoms with Gasteiger partial charge in [0.15, 0.2) is 0 Å². The van der Waals surface area contributed by atoms with Crippen molar-refractivity contribution in [2.75, 3.05) is 6.54 Å². The first-order valence-corrected chi connectivity index (χ1v) is 7.28. The molecule has 1 aromatic carbocycles. The van der Waals surface area contributed by atoms with Gasteiger partial charge in [0.1, 0.15) is 5.82 Å². The van der Waals surface area contributed by atoms with E-state index in [0.717, 1.165) is 37.8 Å². The van der Waals surface area contributed by atoms with E-state index < -0.39 is 5.97 Å². The molecule has 0 aromatic heterocycles. The van der Waals surface area contributed by atoms with Gasteiger partial charge in [0.25, 0.3) is 0 Å². The number of rotatable bonds is 5. The lowest BCUT2D eigenvalue weighted by Gasteiger charge is -2.39. The van der Waals surface area contributed by atoms with Gasteiger partial charge in [-0.25, -0.2) is 4.39 Å². The Bertz CT molecular complexity index is 446. The van der Waals surface area contributed by atoms with Gasteiger partial charge in [0, 0.05) is 12.1 Å². The molecule has 20 heavy (non-hydrogen) atoms. The third kappa shape index (κ3) is 4.04. The zero-order valence-corrected chi connectivity index (χ0v) is 11.9. The Morgan fingerprint density at radius 1 is 1.40 bits per heavy atom. The molecule has 2 atom stereocenters. The molecule has 1 fully saturated rings. The van der Waals surface area contributed by atoms with Crippen molar-refractivity contribution in [2.24, 2.45) is 0 Å². The molecule has 0 saturated carbocycles. The molecule has 1 aliphatic heterocycles. The van der Waals surface area contributed by atoms with Crippen molar-refractivity contribution in [2.45, 2.75) is 51.1 Å². The highest BCUT2D eigenvalue weighted by atomic mass is 19.1. The molecule has 110 valence electrons. The molecule has 0 radical (unpaired) electrons. The van der Waals surface area contributed by atoms with E-state index in [4.69, 9.17) is 5.11 Å². The number of hydrogen-bond acceptors (Lipinski definition) is 2. The Labute approximate surface area is 119 Å². The Balaban J connectivity index is 1.99. The molecule has 1 heterocycles. The molecule has 0 amide bonds. The summed E-state index contributed by atoms with van der Waals surface area (Å²) in [7, 11) is 0. The number of piperidine rings is 1. The van der Waals surface area contributed by atoms with Gasteiger partial charge in [-0.1, -0.05) is 18.6 Å². The number of hydrogen-bond donors (Lipinski definition) is 1. The van der Waals surface area contributed by atoms with Crippen molar-refractivity contribution in [1.82, 2.24) is 4.90 Å². The molecule has 1 aromatic rings. The number of carbonyl (C=O) groups is 1. The van der Waals surface area contributed by atoms with Crippen molar-refractivity contribution in [3.8, 4) is 0 Å². The van der Waals surface area contributed by atoms with E-state index >= 15 is 0 Å². The number of carboxylic acid groups (broad SMARTS) is 1. The summed E-state index contributed by atoms with van der Waals surface area (Å²) in [6.07, 6.45) is 4.24. The average Bonchev–Trinajstić information content (AvgIpc) is 2.41. The lowest BCUT2D eigenvalue weighted by atomic mass is 9.95. The highest BCUT2D eigenvalue weighted by molar-refractivity contribution is 5.67. The maximum atomic E-state index is 12.9. The average molecular weight is 279 g/mol. The molecule has 0 aliphatic carbocycles. The molecular formula is C16H22FNO2. The van der Waals surface area contributed by atoms with E-state index in [1.54, 1.807) is 0 Å². The summed E-state index contributed by atoms with van der Waals surface area (Å²) in [5.74, 6) is -0.945. The molecule has 0 bridgehead atoms. The standard InChI is InChI=1S/C16H22FNO2/c1-12(10-13-5-7-14(17)8-6-13)18-9-3-2-4-15(18)11-16(19)20/h5-8,12,15H,2-4,9-11H2,1H3,(H,19,20). The number of likely N-dealkylation sites (tertiary alicyclic amines) is 1. The first kappa shape index (κ1) is 15.0. The minimum atomic E-state index is -0.726. The topological polar surface area (TPSA) is 40.5 Å². The van der Waals surface area contributed by atoms with Gasteiger partial charge < -0.3 is 5.11 Å². The molecule has 3 nitrogen and oxygen atoms in total. The molecule has 1 N–H and O–H groups in total. The minimum Gasteiger partial charge on any atom is -0.481 e. The van der Waals surface area contributed by atoms with Crippen LogP contribution in [0.5, 0.6) is 0 Å². The molecular weight excluding hydrogens is 257 g/mol. The van der Waals surface area contributed by atoms with Gasteiger partial charge in [-0.2, -0.15) is 0 Å². The van der Waals surface area contributed by atoms with Crippen LogP contribution >= 0.6 is 0 Å². The van der Waals surface area contributed by atoms with Gasteiger partial charge in [-0.3, -0.25) is 9.69 Å². The van der Waals surface area contributed by atoms with Gasteiger partial charge in [0.2, 0.25) is 0 Å². The van der Waals surface area contributed by atoms with E-state index in [1.165, 1.54) is 12.1 Å². The highest BCUT2D eigenvalue weighted by Crippen LogP contribution is 2.23. The van der Waals surface area contributed by atoms with E-state index in [2.05, 4.69) is 11.8 Å². The van der Waals surface area contributed by atoms with E-state index in [9.17, 15) is 9.18 Å². The second kappa shape index (κ2) is 6.84. The third-order valence-electron chi connectivity index (χ3n) is 4.09. The lowest BCUT2D eigenvalue weighted by Crippen LogP contribution is -2.46. The number of nitrogens with zero attached hydrogens (tertiary/aromatic N) is 1. The Hall–Kier alpha value is -1.42. The van der Waals surface area contributed by atoms with Crippen molar-refractivity contribution in [3.63, 3.8) is 0 Å². The first-order valence-electron chi connectivity index (χ1n) is 7.28. The van der Waals surface area contributed by atoms with Crippen molar-refractivity contribution in [3.05, 3.63) is 35.6 Å². The van der Waals surface area contributed by atoms with Crippen molar-refractivity contribution in [1.29, 1.82) is 0 Å². The molecule has 0 spiro atoms. The van der Waals surface area contributed by atoms with E-state index in [0.29, 0.717) is 0 Å². The van der Waals surface area contributed by atoms with E-state index in [1.807, 2.05) is 12.1 Å². The fourth-order valence-corrected chi connectivity index (χ4v) is 3.10. The minimum absolute atomic E-state index is 0.136. The van der Waals surface area contributed by atoms with Crippen LogP contribution in [0.4, 0.5) is 4.39 Å². The quantitative estimate of drug-likeness (QED) is 0.900. The smallest absolute Gasteiger partial charge is 0.304 e. The fourth-order valence-electron chi connectivity index (χ4n) is 3.10. The predicted molar refractivity (Wildman–Crippen MR) is 76.2 cm³/mol. The molecule has 2 rings (SSSR count). The Morgan fingerprint density at radius 2 is 2.10 bits per heavy atom. The van der Waals surface area contributed by atoms with Crippen molar-refractivity contribution >= 4 is 5.97 Å². The summed E-state index contributed by atoms with van der Waals surface area (Å²) < 4.78 is 12.9. The lowest BCUT2D eigenvalue weighted by molar-refractivity contribution is -0.139. The number of halogens is 1.